The van der Waals surface area contributed by atoms with Crippen molar-refractivity contribution in [3.05, 3.63) is 0 Å². The van der Waals surface area contributed by atoms with Gasteiger partial charge in [-0.25, -0.2) is 0 Å². The highest BCUT2D eigenvalue weighted by atomic mass is 32.5. The van der Waals surface area contributed by atoms with E-state index in [0.717, 1.165) is 0 Å². The highest BCUT2D eigenvalue weighted by Crippen LogP contribution is 2.46. The molecule has 0 aromatic carbocycles. The molecule has 60 heavy (non-hydrogen) atoms. The first kappa shape index (κ1) is 67.2. The van der Waals surface area contributed by atoms with Crippen LogP contribution < -0.4 is 14.7 Å². The molecule has 368 valence electrons. The molecule has 1 atom stereocenters. The molecule has 0 amide bonds. The van der Waals surface area contributed by atoms with Crippen molar-refractivity contribution in [1.82, 2.24) is 0 Å². The Morgan fingerprint density at radius 2 is 0.467 bits per heavy atom. The van der Waals surface area contributed by atoms with Crippen LogP contribution in [0.3, 0.4) is 0 Å². The minimum atomic E-state index is -5.40. The van der Waals surface area contributed by atoms with Crippen LogP contribution in [0.2, 0.25) is 0 Å². The molecule has 0 rings (SSSR count). The van der Waals surface area contributed by atoms with Gasteiger partial charge in [-0.15, -0.1) is 0 Å². The van der Waals surface area contributed by atoms with E-state index in [-0.39, 0.29) is 0 Å². The summed E-state index contributed by atoms with van der Waals surface area (Å²) in [6.45, 7) is 40.5. The molecule has 0 radical (unpaired) electrons. The zero-order valence-corrected chi connectivity index (χ0v) is 45.2. The van der Waals surface area contributed by atoms with E-state index in [0.29, 0.717) is 0 Å². The molecule has 0 aliphatic carbocycles. The number of quaternary nitrogens is 3. The number of phosphoric acid groups is 1. The Morgan fingerprint density at radius 3 is 0.517 bits per heavy atom. The molecule has 1 unspecified atom stereocenters. The van der Waals surface area contributed by atoms with E-state index >= 15 is 0 Å². The number of rotatable bonds is 38. The van der Waals surface area contributed by atoms with E-state index in [1.54, 1.807) is 0 Å². The molecule has 0 bridgehead atoms. The third kappa shape index (κ3) is 43.8. The summed E-state index contributed by atoms with van der Waals surface area (Å²) in [5, 5.41) is 0. The average Bonchev–Trinajstić information content (AvgIpc) is 3.21. The van der Waals surface area contributed by atoms with E-state index in [1.807, 2.05) is 0 Å². The Balaban J connectivity index is -0.000000356. The van der Waals surface area contributed by atoms with Gasteiger partial charge in [-0.1, -0.05) is 172 Å². The summed E-state index contributed by atoms with van der Waals surface area (Å²) in [6, 6.07) is 0. The van der Waals surface area contributed by atoms with E-state index < -0.39 is 14.5 Å². The van der Waals surface area contributed by atoms with Crippen molar-refractivity contribution in [1.29, 1.82) is 0 Å². The predicted octanol–water partition coefficient (Wildman–Crippen LogP) is 12.4. The van der Waals surface area contributed by atoms with Gasteiger partial charge in [-0.3, -0.25) is 0 Å². The Hall–Kier alpha value is 0.560. The summed E-state index contributed by atoms with van der Waals surface area (Å²) >= 11 is 3.55. The Kier molecular flexibility index (Phi) is 50.1. The lowest BCUT2D eigenvalue weighted by atomic mass is 10.1. The van der Waals surface area contributed by atoms with E-state index in [2.05, 4.69) is 99.2 Å². The van der Waals surface area contributed by atoms with Gasteiger partial charge in [0, 0.05) is 0 Å². The van der Waals surface area contributed by atoms with Crippen LogP contribution in [0.5, 0.6) is 0 Å². The van der Waals surface area contributed by atoms with Crippen LogP contribution in [0.25, 0.3) is 0 Å². The maximum absolute atomic E-state index is 9.81. The molecular formula is C48H109N3O6P2S. The van der Waals surface area contributed by atoms with E-state index in [1.165, 1.54) is 246 Å². The van der Waals surface area contributed by atoms with Gasteiger partial charge in [0.25, 0.3) is 0 Å². The molecule has 0 saturated heterocycles. The highest BCUT2D eigenvalue weighted by Gasteiger charge is 2.27. The number of nitrogens with zero attached hydrogens (tertiary/aromatic N) is 3. The van der Waals surface area contributed by atoms with Gasteiger partial charge in [-0.05, 0) is 77.0 Å². The second kappa shape index (κ2) is 44.7. The third-order valence-electron chi connectivity index (χ3n) is 12.0. The monoisotopic (exact) mass is 918 g/mol. The zero-order valence-electron chi connectivity index (χ0n) is 42.6. The van der Waals surface area contributed by atoms with Gasteiger partial charge >= 0.3 is 0 Å². The van der Waals surface area contributed by atoms with Gasteiger partial charge in [-0.2, -0.15) is 0 Å². The molecule has 1 N–H and O–H groups in total. The van der Waals surface area contributed by atoms with Crippen LogP contribution in [0.4, 0.5) is 0 Å². The summed E-state index contributed by atoms with van der Waals surface area (Å²) < 4.78 is 16.8. The molecular weight excluding hydrogens is 809 g/mol. The first-order chi connectivity index (χ1) is 28.4. The van der Waals surface area contributed by atoms with E-state index in [4.69, 9.17) is 4.89 Å². The zero-order chi connectivity index (χ0) is 46.7. The van der Waals surface area contributed by atoms with Crippen LogP contribution >= 0.6 is 14.5 Å². The maximum Gasteiger partial charge on any atom is 0.117 e. The fourth-order valence-corrected chi connectivity index (χ4v) is 9.81. The fourth-order valence-electron chi connectivity index (χ4n) is 8.06. The van der Waals surface area contributed by atoms with Crippen molar-refractivity contribution in [3.8, 4) is 0 Å². The number of unbranched alkanes of at least 4 members (excludes halogenated alkanes) is 12. The molecule has 0 aliphatic rings. The average molecular weight is 918 g/mol. The van der Waals surface area contributed by atoms with Crippen LogP contribution in [0.15, 0.2) is 0 Å². The minimum absolute atomic E-state index is 1.35. The Bertz CT molecular complexity index is 750. The van der Waals surface area contributed by atoms with Crippen molar-refractivity contribution < 1.29 is 41.9 Å². The van der Waals surface area contributed by atoms with Crippen molar-refractivity contribution in [2.24, 2.45) is 0 Å². The fraction of sp³-hybridized carbons (Fsp3) is 1.00. The Morgan fingerprint density at radius 1 is 0.350 bits per heavy atom. The normalized spacial score (nSPS) is 13.1. The SMILES string of the molecule is CCCC[N+](CCCC)(CCCC)CCCC.CCCC[N+](CCCC)(CCCC)CCCC.CCCC[N+](CCCC)(CCCC)CCCC.O=P([O-])([O-])OP([O-])(O)=S. The second-order valence-electron chi connectivity index (χ2n) is 17.9. The predicted molar refractivity (Wildman–Crippen MR) is 263 cm³/mol. The highest BCUT2D eigenvalue weighted by molar-refractivity contribution is 8.07. The van der Waals surface area contributed by atoms with Gasteiger partial charge in [0.1, 0.15) is 6.72 Å². The Labute approximate surface area is 382 Å². The molecule has 0 heterocycles. The first-order valence-corrected chi connectivity index (χ1v) is 29.8. The van der Waals surface area contributed by atoms with Crippen molar-refractivity contribution in [2.75, 3.05) is 78.5 Å². The van der Waals surface area contributed by atoms with E-state index in [9.17, 15) is 19.2 Å². The molecule has 0 saturated carbocycles. The third-order valence-corrected chi connectivity index (χ3v) is 14.3. The lowest BCUT2D eigenvalue weighted by Gasteiger charge is -2.39. The molecule has 0 spiro atoms. The topological polar surface area (TPSA) is 116 Å². The second-order valence-corrected chi connectivity index (χ2v) is 21.8. The molecule has 0 aromatic heterocycles. The molecule has 0 fully saturated rings. The summed E-state index contributed by atoms with van der Waals surface area (Å²) in [5.41, 5.74) is 0. The lowest BCUT2D eigenvalue weighted by Crippen LogP contribution is -2.50. The van der Waals surface area contributed by atoms with Crippen LogP contribution in [0, 0.1) is 0 Å². The summed E-state index contributed by atoms with van der Waals surface area (Å²) in [7, 11) is -5.40. The van der Waals surface area contributed by atoms with Crippen LogP contribution in [-0.4, -0.2) is 96.9 Å². The quantitative estimate of drug-likeness (QED) is 0.0484. The molecule has 9 nitrogen and oxygen atoms in total. The van der Waals surface area contributed by atoms with Crippen molar-refractivity contribution in [2.45, 2.75) is 237 Å². The smallest absolute Gasteiger partial charge is 0.117 e. The number of hydrogen-bond donors (Lipinski definition) is 1. The summed E-state index contributed by atoms with van der Waals surface area (Å²) in [6.07, 6.45) is 33.2. The van der Waals surface area contributed by atoms with Crippen molar-refractivity contribution >= 4 is 26.3 Å². The van der Waals surface area contributed by atoms with Gasteiger partial charge < -0.3 is 41.9 Å². The summed E-state index contributed by atoms with van der Waals surface area (Å²) in [4.78, 5) is 36.7. The first-order valence-electron chi connectivity index (χ1n) is 25.8. The van der Waals surface area contributed by atoms with Crippen LogP contribution in [0.1, 0.15) is 237 Å². The standard InChI is InChI=1S/3C16H36N.H4O6P2S/c3*1-5-9-13-17(14-10-6-2,15-11-7-3)16-12-8-4;1-7(2,3)6-8(4,5)9/h3*5-16H2,1-4H3;(H2,1,2,3)(H2,4,5,9)/q3*+1;/p-3. The van der Waals surface area contributed by atoms with Crippen LogP contribution in [-0.2, 0) is 20.7 Å². The molecule has 0 aromatic rings. The molecule has 12 heteroatoms. The number of hydrogen-bond acceptors (Lipinski definition) is 6. The largest absolute Gasteiger partial charge is 0.790 e. The van der Waals surface area contributed by atoms with Gasteiger partial charge in [0.05, 0.1) is 86.4 Å². The van der Waals surface area contributed by atoms with Gasteiger partial charge in [0.2, 0.25) is 0 Å². The molecule has 0 aliphatic heterocycles. The lowest BCUT2D eigenvalue weighted by molar-refractivity contribution is -0.929. The van der Waals surface area contributed by atoms with Gasteiger partial charge in [0.15, 0.2) is 0 Å². The van der Waals surface area contributed by atoms with Crippen molar-refractivity contribution in [3.63, 3.8) is 0 Å². The summed E-state index contributed by atoms with van der Waals surface area (Å²) in [5.74, 6) is 0. The maximum atomic E-state index is 9.81. The minimum Gasteiger partial charge on any atom is -0.790 e.